The Labute approximate surface area is 127 Å². The van der Waals surface area contributed by atoms with Gasteiger partial charge >= 0.3 is 0 Å². The maximum atomic E-state index is 14.1. The smallest absolute Gasteiger partial charge is 0.168 e. The van der Waals surface area contributed by atoms with Crippen LogP contribution in [0.1, 0.15) is 13.3 Å². The van der Waals surface area contributed by atoms with Gasteiger partial charge in [0.25, 0.3) is 0 Å². The molecule has 1 aromatic carbocycles. The van der Waals surface area contributed by atoms with E-state index in [9.17, 15) is 9.18 Å². The lowest BCUT2D eigenvalue weighted by atomic mass is 9.88. The predicted molar refractivity (Wildman–Crippen MR) is 82.3 cm³/mol. The van der Waals surface area contributed by atoms with E-state index in [0.29, 0.717) is 5.52 Å². The Bertz CT molecular complexity index is 691. The van der Waals surface area contributed by atoms with Crippen LogP contribution in [0.2, 0.25) is 5.02 Å². The molecule has 0 saturated carbocycles. The minimum atomic E-state index is -0.480. The van der Waals surface area contributed by atoms with Crippen molar-refractivity contribution in [3.05, 3.63) is 35.2 Å². The van der Waals surface area contributed by atoms with Crippen LogP contribution in [-0.2, 0) is 4.79 Å². The van der Waals surface area contributed by atoms with Crippen molar-refractivity contribution in [1.82, 2.24) is 4.98 Å². The van der Waals surface area contributed by atoms with Crippen molar-refractivity contribution in [3.63, 3.8) is 0 Å². The highest BCUT2D eigenvalue weighted by Gasteiger charge is 2.26. The minimum absolute atomic E-state index is 0.0835. The second-order valence-corrected chi connectivity index (χ2v) is 6.01. The van der Waals surface area contributed by atoms with E-state index >= 15 is 0 Å². The fourth-order valence-electron chi connectivity index (χ4n) is 3.01. The lowest BCUT2D eigenvalue weighted by molar-refractivity contribution is -0.112. The summed E-state index contributed by atoms with van der Waals surface area (Å²) in [5.74, 6) is -0.0796. The maximum Gasteiger partial charge on any atom is 0.168 e. The van der Waals surface area contributed by atoms with Gasteiger partial charge in [0, 0.05) is 36.3 Å². The van der Waals surface area contributed by atoms with Crippen LogP contribution in [0.5, 0.6) is 0 Å². The lowest BCUT2D eigenvalue weighted by Crippen LogP contribution is -2.40. The van der Waals surface area contributed by atoms with E-state index in [1.807, 2.05) is 6.07 Å². The molecule has 21 heavy (non-hydrogen) atoms. The van der Waals surface area contributed by atoms with Gasteiger partial charge in [0.15, 0.2) is 5.82 Å². The Morgan fingerprint density at radius 2 is 2.24 bits per heavy atom. The van der Waals surface area contributed by atoms with Crippen LogP contribution in [0, 0.1) is 17.7 Å². The van der Waals surface area contributed by atoms with Gasteiger partial charge in [0.05, 0.1) is 5.02 Å². The van der Waals surface area contributed by atoms with Crippen molar-refractivity contribution in [2.75, 3.05) is 18.0 Å². The van der Waals surface area contributed by atoms with Crippen LogP contribution in [0.15, 0.2) is 24.4 Å². The molecule has 0 amide bonds. The van der Waals surface area contributed by atoms with Gasteiger partial charge in [-0.15, -0.1) is 0 Å². The molecule has 1 aromatic heterocycles. The number of nitrogens with zero attached hydrogens (tertiary/aromatic N) is 2. The van der Waals surface area contributed by atoms with E-state index in [1.54, 1.807) is 18.3 Å². The number of carbonyl (C=O) groups excluding carboxylic acids is 1. The monoisotopic (exact) mass is 306 g/mol. The summed E-state index contributed by atoms with van der Waals surface area (Å²) in [6, 6.07) is 5.26. The summed E-state index contributed by atoms with van der Waals surface area (Å²) in [6.45, 7) is 3.65. The average Bonchev–Trinajstić information content (AvgIpc) is 2.50. The van der Waals surface area contributed by atoms with Gasteiger partial charge in [0.1, 0.15) is 11.8 Å². The van der Waals surface area contributed by atoms with E-state index in [-0.39, 0.29) is 16.9 Å². The van der Waals surface area contributed by atoms with Crippen molar-refractivity contribution in [2.24, 2.45) is 11.8 Å². The van der Waals surface area contributed by atoms with Crippen molar-refractivity contribution in [2.45, 2.75) is 13.3 Å². The largest absolute Gasteiger partial charge is 0.371 e. The molecule has 1 saturated heterocycles. The zero-order valence-electron chi connectivity index (χ0n) is 11.7. The first kappa shape index (κ1) is 14.3. The molecule has 5 heteroatoms. The summed E-state index contributed by atoms with van der Waals surface area (Å²) in [6.07, 6.45) is 3.48. The number of benzene rings is 1. The van der Waals surface area contributed by atoms with Gasteiger partial charge in [-0.1, -0.05) is 18.5 Å². The van der Waals surface area contributed by atoms with E-state index < -0.39 is 5.82 Å². The molecule has 2 aromatic rings. The van der Waals surface area contributed by atoms with Gasteiger partial charge in [-0.05, 0) is 30.5 Å². The Balaban J connectivity index is 2.02. The number of aldehydes is 1. The third-order valence-electron chi connectivity index (χ3n) is 4.27. The number of hydrogen-bond donors (Lipinski definition) is 0. The zero-order chi connectivity index (χ0) is 15.0. The lowest BCUT2D eigenvalue weighted by Gasteiger charge is -2.36. The molecule has 3 nitrogen and oxygen atoms in total. The highest BCUT2D eigenvalue weighted by Crippen LogP contribution is 2.33. The third-order valence-corrected chi connectivity index (χ3v) is 4.56. The number of rotatable bonds is 2. The number of piperidine rings is 1. The van der Waals surface area contributed by atoms with Crippen LogP contribution >= 0.6 is 11.6 Å². The highest BCUT2D eigenvalue weighted by molar-refractivity contribution is 6.31. The predicted octanol–water partition coefficient (Wildman–Crippen LogP) is 3.69. The molecular formula is C16H16ClFN2O. The second kappa shape index (κ2) is 5.60. The Morgan fingerprint density at radius 1 is 1.43 bits per heavy atom. The number of aromatic nitrogens is 1. The van der Waals surface area contributed by atoms with Crippen LogP contribution in [0.25, 0.3) is 10.9 Å². The number of hydrogen-bond acceptors (Lipinski definition) is 3. The summed E-state index contributed by atoms with van der Waals surface area (Å²) >= 11 is 5.82. The van der Waals surface area contributed by atoms with Gasteiger partial charge in [0.2, 0.25) is 0 Å². The van der Waals surface area contributed by atoms with Gasteiger partial charge in [-0.3, -0.25) is 4.98 Å². The normalized spacial score (nSPS) is 22.5. The zero-order valence-corrected chi connectivity index (χ0v) is 12.5. The topological polar surface area (TPSA) is 33.2 Å². The molecule has 1 aliphatic heterocycles. The number of fused-ring (bicyclic) bond motifs is 1. The van der Waals surface area contributed by atoms with Crippen molar-refractivity contribution in [1.29, 1.82) is 0 Å². The summed E-state index contributed by atoms with van der Waals surface area (Å²) in [5, 5.41) is 0.844. The standard InChI is InChI=1S/C16H16ClFN2O/c1-10-8-20(7-5-11(10)9-21)14-4-6-19-16-12(14)2-3-13(17)15(16)18/h2-4,6,9-11H,5,7-8H2,1H3. The van der Waals surface area contributed by atoms with Crippen LogP contribution in [0.3, 0.4) is 0 Å². The molecule has 1 fully saturated rings. The van der Waals surface area contributed by atoms with E-state index in [2.05, 4.69) is 16.8 Å². The first-order valence-corrected chi connectivity index (χ1v) is 7.42. The molecule has 0 N–H and O–H groups in total. The highest BCUT2D eigenvalue weighted by atomic mass is 35.5. The van der Waals surface area contributed by atoms with Crippen molar-refractivity contribution >= 4 is 34.5 Å². The molecule has 2 heterocycles. The Hall–Kier alpha value is -1.68. The van der Waals surface area contributed by atoms with Gasteiger partial charge < -0.3 is 9.69 Å². The quantitative estimate of drug-likeness (QED) is 0.793. The number of carbonyl (C=O) groups is 1. The SMILES string of the molecule is CC1CN(c2ccnc3c(F)c(Cl)ccc23)CCC1C=O. The Kier molecular flexibility index (Phi) is 3.81. The molecular weight excluding hydrogens is 291 g/mol. The molecule has 0 spiro atoms. The molecule has 3 rings (SSSR count). The summed E-state index contributed by atoms with van der Waals surface area (Å²) < 4.78 is 14.1. The molecule has 110 valence electrons. The van der Waals surface area contributed by atoms with Crippen molar-refractivity contribution in [3.8, 4) is 0 Å². The van der Waals surface area contributed by atoms with E-state index in [1.165, 1.54) is 0 Å². The van der Waals surface area contributed by atoms with Gasteiger partial charge in [-0.2, -0.15) is 0 Å². The maximum absolute atomic E-state index is 14.1. The fourth-order valence-corrected chi connectivity index (χ4v) is 3.16. The van der Waals surface area contributed by atoms with Crippen LogP contribution < -0.4 is 4.90 Å². The molecule has 0 aliphatic carbocycles. The van der Waals surface area contributed by atoms with Gasteiger partial charge in [-0.25, -0.2) is 4.39 Å². The molecule has 0 bridgehead atoms. The number of anilines is 1. The van der Waals surface area contributed by atoms with E-state index in [4.69, 9.17) is 11.6 Å². The van der Waals surface area contributed by atoms with Crippen molar-refractivity contribution < 1.29 is 9.18 Å². The minimum Gasteiger partial charge on any atom is -0.371 e. The first-order chi connectivity index (χ1) is 10.1. The third kappa shape index (κ3) is 2.48. The summed E-state index contributed by atoms with van der Waals surface area (Å²) in [7, 11) is 0. The molecule has 0 radical (unpaired) electrons. The average molecular weight is 307 g/mol. The second-order valence-electron chi connectivity index (χ2n) is 5.60. The van der Waals surface area contributed by atoms with Crippen LogP contribution in [-0.4, -0.2) is 24.4 Å². The number of pyridine rings is 1. The summed E-state index contributed by atoms with van der Waals surface area (Å²) in [5.41, 5.74) is 1.25. The van der Waals surface area contributed by atoms with Crippen LogP contribution in [0.4, 0.5) is 10.1 Å². The van der Waals surface area contributed by atoms with E-state index in [0.717, 1.165) is 36.9 Å². The summed E-state index contributed by atoms with van der Waals surface area (Å²) in [4.78, 5) is 17.3. The fraction of sp³-hybridized carbons (Fsp3) is 0.375. The molecule has 2 atom stereocenters. The Morgan fingerprint density at radius 3 is 2.95 bits per heavy atom. The molecule has 2 unspecified atom stereocenters. The first-order valence-electron chi connectivity index (χ1n) is 7.04. The molecule has 1 aliphatic rings. The number of halogens is 2.